The zero-order valence-electron chi connectivity index (χ0n) is 10.9. The standard InChI is InChI=1S/C12H20ClN3O/c1-5-12(4,8-13)14-11(17)10-7-9(3)15-16(10)6-2/h7H,5-6,8H2,1-4H3,(H,14,17). The highest BCUT2D eigenvalue weighted by molar-refractivity contribution is 6.18. The van der Waals surface area contributed by atoms with Crippen LogP contribution in [-0.2, 0) is 6.54 Å². The predicted molar refractivity (Wildman–Crippen MR) is 69.5 cm³/mol. The third-order valence-electron chi connectivity index (χ3n) is 2.92. The molecule has 17 heavy (non-hydrogen) atoms. The Kier molecular flexibility index (Phi) is 4.57. The van der Waals surface area contributed by atoms with E-state index in [1.165, 1.54) is 0 Å². The Morgan fingerprint density at radius 3 is 2.71 bits per heavy atom. The molecule has 5 heteroatoms. The number of alkyl halides is 1. The molecule has 0 radical (unpaired) electrons. The summed E-state index contributed by atoms with van der Waals surface area (Å²) in [6, 6.07) is 1.79. The third-order valence-corrected chi connectivity index (χ3v) is 3.51. The number of nitrogens with zero attached hydrogens (tertiary/aromatic N) is 2. The largest absolute Gasteiger partial charge is 0.344 e. The van der Waals surface area contributed by atoms with Crippen molar-refractivity contribution < 1.29 is 4.79 Å². The van der Waals surface area contributed by atoms with Crippen LogP contribution in [0.25, 0.3) is 0 Å². The molecule has 0 aromatic carbocycles. The van der Waals surface area contributed by atoms with E-state index in [1.54, 1.807) is 10.7 Å². The highest BCUT2D eigenvalue weighted by atomic mass is 35.5. The van der Waals surface area contributed by atoms with E-state index in [1.807, 2.05) is 27.7 Å². The summed E-state index contributed by atoms with van der Waals surface area (Å²) in [7, 11) is 0. The average Bonchev–Trinajstić information content (AvgIpc) is 2.70. The Hall–Kier alpha value is -1.03. The fourth-order valence-electron chi connectivity index (χ4n) is 1.52. The maximum atomic E-state index is 12.1. The number of carbonyl (C=O) groups is 1. The summed E-state index contributed by atoms with van der Waals surface area (Å²) in [5, 5.41) is 7.22. The zero-order chi connectivity index (χ0) is 13.1. The minimum absolute atomic E-state index is 0.113. The molecule has 0 fully saturated rings. The molecule has 0 aliphatic rings. The smallest absolute Gasteiger partial charge is 0.270 e. The molecule has 1 unspecified atom stereocenters. The summed E-state index contributed by atoms with van der Waals surface area (Å²) in [6.07, 6.45) is 0.793. The van der Waals surface area contributed by atoms with Gasteiger partial charge in [0.1, 0.15) is 5.69 Å². The molecule has 1 aromatic rings. The van der Waals surface area contributed by atoms with Gasteiger partial charge in [0.25, 0.3) is 5.91 Å². The van der Waals surface area contributed by atoms with Gasteiger partial charge < -0.3 is 5.32 Å². The lowest BCUT2D eigenvalue weighted by Crippen LogP contribution is -2.47. The molecule has 96 valence electrons. The molecule has 0 spiro atoms. The maximum absolute atomic E-state index is 12.1. The summed E-state index contributed by atoms with van der Waals surface area (Å²) in [5.74, 6) is 0.284. The SMILES string of the molecule is CCn1nc(C)cc1C(=O)NC(C)(CC)CCl. The topological polar surface area (TPSA) is 46.9 Å². The van der Waals surface area contributed by atoms with Crippen molar-refractivity contribution in [2.24, 2.45) is 0 Å². The summed E-state index contributed by atoms with van der Waals surface area (Å²) >= 11 is 5.88. The van der Waals surface area contributed by atoms with Gasteiger partial charge in [-0.2, -0.15) is 5.10 Å². The van der Waals surface area contributed by atoms with Gasteiger partial charge in [-0.3, -0.25) is 9.48 Å². The van der Waals surface area contributed by atoms with E-state index in [2.05, 4.69) is 10.4 Å². The number of carbonyl (C=O) groups excluding carboxylic acids is 1. The van der Waals surface area contributed by atoms with Gasteiger partial charge in [0.15, 0.2) is 0 Å². The highest BCUT2D eigenvalue weighted by Gasteiger charge is 2.25. The molecule has 4 nitrogen and oxygen atoms in total. The van der Waals surface area contributed by atoms with Crippen LogP contribution in [0.4, 0.5) is 0 Å². The average molecular weight is 258 g/mol. The van der Waals surface area contributed by atoms with Crippen LogP contribution in [0.2, 0.25) is 0 Å². The quantitative estimate of drug-likeness (QED) is 0.823. The number of rotatable bonds is 5. The number of aryl methyl sites for hydroxylation is 2. The fourth-order valence-corrected chi connectivity index (χ4v) is 1.78. The zero-order valence-corrected chi connectivity index (χ0v) is 11.6. The van der Waals surface area contributed by atoms with Gasteiger partial charge in [0.2, 0.25) is 0 Å². The van der Waals surface area contributed by atoms with Crippen molar-refractivity contribution in [2.45, 2.75) is 46.2 Å². The number of amides is 1. The van der Waals surface area contributed by atoms with E-state index in [9.17, 15) is 4.79 Å². The van der Waals surface area contributed by atoms with E-state index in [-0.39, 0.29) is 11.4 Å². The van der Waals surface area contributed by atoms with E-state index in [0.717, 1.165) is 12.1 Å². The molecule has 0 saturated carbocycles. The molecular weight excluding hydrogens is 238 g/mol. The number of hydrogen-bond acceptors (Lipinski definition) is 2. The number of hydrogen-bond donors (Lipinski definition) is 1. The second-order valence-electron chi connectivity index (χ2n) is 4.49. The monoisotopic (exact) mass is 257 g/mol. The lowest BCUT2D eigenvalue weighted by atomic mass is 10.0. The van der Waals surface area contributed by atoms with Gasteiger partial charge in [-0.15, -0.1) is 11.6 Å². The Morgan fingerprint density at radius 2 is 2.24 bits per heavy atom. The first kappa shape index (κ1) is 14.0. The Labute approximate surface area is 107 Å². The van der Waals surface area contributed by atoms with Crippen LogP contribution < -0.4 is 5.32 Å². The van der Waals surface area contributed by atoms with Crippen molar-refractivity contribution in [2.75, 3.05) is 5.88 Å². The Morgan fingerprint density at radius 1 is 1.59 bits per heavy atom. The van der Waals surface area contributed by atoms with Crippen LogP contribution in [0, 0.1) is 6.92 Å². The van der Waals surface area contributed by atoms with Crippen LogP contribution >= 0.6 is 11.6 Å². The van der Waals surface area contributed by atoms with Crippen molar-refractivity contribution in [3.63, 3.8) is 0 Å². The van der Waals surface area contributed by atoms with E-state index in [0.29, 0.717) is 18.1 Å². The second kappa shape index (κ2) is 5.54. The van der Waals surface area contributed by atoms with Gasteiger partial charge in [0.05, 0.1) is 11.2 Å². The molecule has 1 amide bonds. The third kappa shape index (κ3) is 3.22. The molecule has 0 bridgehead atoms. The molecule has 1 atom stereocenters. The van der Waals surface area contributed by atoms with Crippen molar-refractivity contribution in [1.29, 1.82) is 0 Å². The van der Waals surface area contributed by atoms with Crippen LogP contribution in [0.3, 0.4) is 0 Å². The van der Waals surface area contributed by atoms with Gasteiger partial charge in [0, 0.05) is 12.4 Å². The minimum atomic E-state index is -0.366. The van der Waals surface area contributed by atoms with Crippen molar-refractivity contribution in [3.8, 4) is 0 Å². The van der Waals surface area contributed by atoms with Crippen LogP contribution in [-0.4, -0.2) is 27.1 Å². The maximum Gasteiger partial charge on any atom is 0.270 e. The molecule has 1 N–H and O–H groups in total. The van der Waals surface area contributed by atoms with Crippen molar-refractivity contribution in [3.05, 3.63) is 17.5 Å². The number of aromatic nitrogens is 2. The van der Waals surface area contributed by atoms with Crippen LogP contribution in [0.1, 0.15) is 43.4 Å². The van der Waals surface area contributed by atoms with Crippen LogP contribution in [0.15, 0.2) is 6.07 Å². The fraction of sp³-hybridized carbons (Fsp3) is 0.667. The first-order valence-electron chi connectivity index (χ1n) is 5.88. The van der Waals surface area contributed by atoms with Crippen molar-refractivity contribution in [1.82, 2.24) is 15.1 Å². The Balaban J connectivity index is 2.89. The number of nitrogens with one attached hydrogen (secondary N) is 1. The molecule has 0 aliphatic carbocycles. The first-order valence-corrected chi connectivity index (χ1v) is 6.42. The van der Waals surface area contributed by atoms with E-state index < -0.39 is 0 Å². The normalized spacial score (nSPS) is 14.4. The molecule has 1 rings (SSSR count). The second-order valence-corrected chi connectivity index (χ2v) is 4.76. The van der Waals surface area contributed by atoms with Crippen LogP contribution in [0.5, 0.6) is 0 Å². The van der Waals surface area contributed by atoms with E-state index >= 15 is 0 Å². The molecule has 1 heterocycles. The minimum Gasteiger partial charge on any atom is -0.344 e. The van der Waals surface area contributed by atoms with Gasteiger partial charge in [-0.25, -0.2) is 0 Å². The highest BCUT2D eigenvalue weighted by Crippen LogP contribution is 2.13. The summed E-state index contributed by atoms with van der Waals surface area (Å²) in [6.45, 7) is 8.47. The molecular formula is C12H20ClN3O. The summed E-state index contributed by atoms with van der Waals surface area (Å²) in [4.78, 5) is 12.1. The lowest BCUT2D eigenvalue weighted by Gasteiger charge is -2.27. The van der Waals surface area contributed by atoms with Gasteiger partial charge in [-0.1, -0.05) is 6.92 Å². The lowest BCUT2D eigenvalue weighted by molar-refractivity contribution is 0.0901. The molecule has 0 aliphatic heterocycles. The van der Waals surface area contributed by atoms with Gasteiger partial charge in [-0.05, 0) is 33.3 Å². The molecule has 1 aromatic heterocycles. The van der Waals surface area contributed by atoms with E-state index in [4.69, 9.17) is 11.6 Å². The summed E-state index contributed by atoms with van der Waals surface area (Å²) in [5.41, 5.74) is 1.07. The summed E-state index contributed by atoms with van der Waals surface area (Å²) < 4.78 is 1.70. The predicted octanol–water partition coefficient (Wildman–Crippen LogP) is 2.35. The Bertz CT molecular complexity index is 396. The van der Waals surface area contributed by atoms with Crippen molar-refractivity contribution >= 4 is 17.5 Å². The molecule has 0 saturated heterocycles. The number of halogens is 1. The first-order chi connectivity index (χ1) is 7.95. The van der Waals surface area contributed by atoms with Gasteiger partial charge >= 0.3 is 0 Å².